The molecule has 0 fully saturated rings. The van der Waals surface area contributed by atoms with Crippen LogP contribution in [0.1, 0.15) is 52.7 Å². The van der Waals surface area contributed by atoms with Gasteiger partial charge in [0.1, 0.15) is 5.75 Å². The Morgan fingerprint density at radius 2 is 1.72 bits per heavy atom. The van der Waals surface area contributed by atoms with Crippen LogP contribution in [-0.2, 0) is 11.8 Å². The van der Waals surface area contributed by atoms with Crippen LogP contribution in [0, 0.1) is 11.3 Å². The molecule has 1 heteroatoms. The van der Waals surface area contributed by atoms with Gasteiger partial charge in [0.25, 0.3) is 0 Å². The number of hydrogen-bond donors (Lipinski definition) is 0. The average molecular weight is 246 g/mol. The van der Waals surface area contributed by atoms with E-state index in [1.54, 1.807) is 0 Å². The Bertz CT molecular complexity index is 432. The summed E-state index contributed by atoms with van der Waals surface area (Å²) in [6.07, 6.45) is 1.15. The second kappa shape index (κ2) is 4.29. The monoisotopic (exact) mass is 246 g/mol. The molecule has 0 aliphatic carbocycles. The third-order valence-corrected chi connectivity index (χ3v) is 4.06. The quantitative estimate of drug-likeness (QED) is 0.651. The molecule has 0 spiro atoms. The molecule has 1 unspecified atom stereocenters. The molecule has 0 bridgehead atoms. The van der Waals surface area contributed by atoms with Gasteiger partial charge < -0.3 is 4.74 Å². The van der Waals surface area contributed by atoms with Crippen LogP contribution >= 0.6 is 0 Å². The van der Waals surface area contributed by atoms with Gasteiger partial charge in [0.2, 0.25) is 0 Å². The lowest BCUT2D eigenvalue weighted by Gasteiger charge is -2.37. The fraction of sp³-hybridized carbons (Fsp3) is 0.647. The van der Waals surface area contributed by atoms with E-state index in [0.29, 0.717) is 11.3 Å². The van der Waals surface area contributed by atoms with E-state index in [2.05, 4.69) is 59.7 Å². The lowest BCUT2D eigenvalue weighted by atomic mass is 9.73. The minimum atomic E-state index is 0.189. The topological polar surface area (TPSA) is 9.23 Å². The lowest BCUT2D eigenvalue weighted by Crippen LogP contribution is -2.33. The van der Waals surface area contributed by atoms with Crippen molar-refractivity contribution in [1.29, 1.82) is 0 Å². The molecule has 0 radical (unpaired) electrons. The first-order valence-corrected chi connectivity index (χ1v) is 6.95. The number of fused-ring (bicyclic) bond motifs is 1. The molecule has 0 saturated heterocycles. The van der Waals surface area contributed by atoms with Gasteiger partial charge >= 0.3 is 0 Å². The fourth-order valence-electron chi connectivity index (χ4n) is 2.67. The van der Waals surface area contributed by atoms with E-state index in [1.165, 1.54) is 11.1 Å². The highest BCUT2D eigenvalue weighted by Crippen LogP contribution is 2.40. The number of rotatable bonds is 0. The SMILES string of the molecule is CC(C)(C)c1cccc2c1CC(C(C)(C)C)CO2. The van der Waals surface area contributed by atoms with Crippen LogP contribution in [0.2, 0.25) is 0 Å². The largest absolute Gasteiger partial charge is 0.493 e. The first-order chi connectivity index (χ1) is 8.19. The second-order valence-electron chi connectivity index (χ2n) is 7.61. The summed E-state index contributed by atoms with van der Waals surface area (Å²) in [4.78, 5) is 0. The third-order valence-electron chi connectivity index (χ3n) is 4.06. The van der Waals surface area contributed by atoms with Crippen LogP contribution in [0.3, 0.4) is 0 Å². The summed E-state index contributed by atoms with van der Waals surface area (Å²) in [7, 11) is 0. The molecule has 0 aromatic heterocycles. The van der Waals surface area contributed by atoms with E-state index in [-0.39, 0.29) is 5.41 Å². The molecule has 1 aliphatic rings. The smallest absolute Gasteiger partial charge is 0.122 e. The Morgan fingerprint density at radius 1 is 1.06 bits per heavy atom. The Labute approximate surface area is 112 Å². The zero-order valence-electron chi connectivity index (χ0n) is 12.6. The highest BCUT2D eigenvalue weighted by Gasteiger charge is 2.32. The maximum atomic E-state index is 6.00. The number of ether oxygens (including phenoxy) is 1. The summed E-state index contributed by atoms with van der Waals surface area (Å²) in [5.74, 6) is 1.71. The molecular weight excluding hydrogens is 220 g/mol. The molecule has 100 valence electrons. The van der Waals surface area contributed by atoms with Crippen LogP contribution in [0.5, 0.6) is 5.75 Å². The van der Waals surface area contributed by atoms with Crippen molar-refractivity contribution >= 4 is 0 Å². The van der Waals surface area contributed by atoms with Crippen molar-refractivity contribution in [2.24, 2.45) is 11.3 Å². The van der Waals surface area contributed by atoms with Crippen LogP contribution in [-0.4, -0.2) is 6.61 Å². The fourth-order valence-corrected chi connectivity index (χ4v) is 2.67. The normalized spacial score (nSPS) is 20.2. The van der Waals surface area contributed by atoms with Crippen molar-refractivity contribution in [2.75, 3.05) is 6.61 Å². The van der Waals surface area contributed by atoms with E-state index in [4.69, 9.17) is 4.74 Å². The summed E-state index contributed by atoms with van der Waals surface area (Å²) in [6, 6.07) is 6.49. The Hall–Kier alpha value is -0.980. The number of benzene rings is 1. The lowest BCUT2D eigenvalue weighted by molar-refractivity contribution is 0.126. The molecule has 1 aromatic carbocycles. The van der Waals surface area contributed by atoms with Gasteiger partial charge in [-0.1, -0.05) is 53.7 Å². The molecule has 1 aliphatic heterocycles. The minimum absolute atomic E-state index is 0.189. The van der Waals surface area contributed by atoms with E-state index in [0.717, 1.165) is 18.8 Å². The Kier molecular flexibility index (Phi) is 3.21. The van der Waals surface area contributed by atoms with Crippen molar-refractivity contribution < 1.29 is 4.74 Å². The zero-order valence-corrected chi connectivity index (χ0v) is 12.6. The summed E-state index contributed by atoms with van der Waals surface area (Å²) >= 11 is 0. The Morgan fingerprint density at radius 3 is 2.28 bits per heavy atom. The van der Waals surface area contributed by atoms with Crippen LogP contribution in [0.15, 0.2) is 18.2 Å². The maximum absolute atomic E-state index is 6.00. The summed E-state index contributed by atoms with van der Waals surface area (Å²) in [5.41, 5.74) is 3.36. The van der Waals surface area contributed by atoms with Gasteiger partial charge in [-0.25, -0.2) is 0 Å². The molecule has 0 amide bonds. The highest BCUT2D eigenvalue weighted by atomic mass is 16.5. The molecule has 1 heterocycles. The van der Waals surface area contributed by atoms with Crippen LogP contribution in [0.25, 0.3) is 0 Å². The molecule has 1 atom stereocenters. The molecular formula is C17H26O. The van der Waals surface area contributed by atoms with E-state index < -0.39 is 0 Å². The molecule has 1 aromatic rings. The van der Waals surface area contributed by atoms with Crippen molar-refractivity contribution in [3.63, 3.8) is 0 Å². The Balaban J connectivity index is 2.41. The summed E-state index contributed by atoms with van der Waals surface area (Å²) in [5, 5.41) is 0. The highest BCUT2D eigenvalue weighted by molar-refractivity contribution is 5.45. The molecule has 18 heavy (non-hydrogen) atoms. The van der Waals surface area contributed by atoms with Crippen molar-refractivity contribution in [1.82, 2.24) is 0 Å². The van der Waals surface area contributed by atoms with E-state index >= 15 is 0 Å². The predicted molar refractivity (Wildman–Crippen MR) is 77.3 cm³/mol. The molecule has 1 nitrogen and oxygen atoms in total. The van der Waals surface area contributed by atoms with Gasteiger partial charge in [-0.2, -0.15) is 0 Å². The van der Waals surface area contributed by atoms with Crippen molar-refractivity contribution in [3.8, 4) is 5.75 Å². The van der Waals surface area contributed by atoms with Crippen LogP contribution < -0.4 is 4.74 Å². The maximum Gasteiger partial charge on any atom is 0.122 e. The van der Waals surface area contributed by atoms with E-state index in [1.807, 2.05) is 0 Å². The molecule has 0 N–H and O–H groups in total. The third kappa shape index (κ3) is 2.55. The van der Waals surface area contributed by atoms with E-state index in [9.17, 15) is 0 Å². The predicted octanol–water partition coefficient (Wildman–Crippen LogP) is 4.58. The van der Waals surface area contributed by atoms with Gasteiger partial charge in [-0.3, -0.25) is 0 Å². The van der Waals surface area contributed by atoms with Gasteiger partial charge in [0.15, 0.2) is 0 Å². The average Bonchev–Trinajstić information content (AvgIpc) is 2.25. The first-order valence-electron chi connectivity index (χ1n) is 6.95. The van der Waals surface area contributed by atoms with Crippen molar-refractivity contribution in [2.45, 2.75) is 53.4 Å². The van der Waals surface area contributed by atoms with Crippen molar-refractivity contribution in [3.05, 3.63) is 29.3 Å². The van der Waals surface area contributed by atoms with Gasteiger partial charge in [0, 0.05) is 5.92 Å². The summed E-state index contributed by atoms with van der Waals surface area (Å²) in [6.45, 7) is 14.6. The summed E-state index contributed by atoms with van der Waals surface area (Å²) < 4.78 is 6.00. The first kappa shape index (κ1) is 13.5. The standard InChI is InChI=1S/C17H26O/c1-16(2,3)12-10-13-14(17(4,5)6)8-7-9-15(13)18-11-12/h7-9,12H,10-11H2,1-6H3. The van der Waals surface area contributed by atoms with Crippen LogP contribution in [0.4, 0.5) is 0 Å². The van der Waals surface area contributed by atoms with Gasteiger partial charge in [-0.05, 0) is 34.4 Å². The van der Waals surface area contributed by atoms with Gasteiger partial charge in [-0.15, -0.1) is 0 Å². The zero-order chi connectivity index (χ0) is 13.6. The molecule has 0 saturated carbocycles. The second-order valence-corrected chi connectivity index (χ2v) is 7.61. The number of hydrogen-bond acceptors (Lipinski definition) is 1. The van der Waals surface area contributed by atoms with Gasteiger partial charge in [0.05, 0.1) is 6.61 Å². The minimum Gasteiger partial charge on any atom is -0.493 e. The molecule has 2 rings (SSSR count).